The predicted molar refractivity (Wildman–Crippen MR) is 118 cm³/mol. The van der Waals surface area contributed by atoms with Crippen molar-refractivity contribution < 1.29 is 17.9 Å². The normalized spacial score (nSPS) is 11.2. The van der Waals surface area contributed by atoms with E-state index in [0.29, 0.717) is 17.0 Å². The molecule has 0 unspecified atom stereocenters. The number of rotatable bonds is 7. The fraction of sp³-hybridized carbons (Fsp3) is 0.208. The zero-order valence-electron chi connectivity index (χ0n) is 17.3. The summed E-state index contributed by atoms with van der Waals surface area (Å²) in [4.78, 5) is 13.2. The molecule has 0 spiro atoms. The third-order valence-corrected chi connectivity index (χ3v) is 6.53. The molecule has 5 nitrogen and oxygen atoms in total. The highest BCUT2D eigenvalue weighted by atomic mass is 32.2. The first-order valence-corrected chi connectivity index (χ1v) is 11.2. The molecule has 30 heavy (non-hydrogen) atoms. The van der Waals surface area contributed by atoms with Gasteiger partial charge in [-0.15, -0.1) is 0 Å². The molecular formula is C24H25NO4S. The zero-order chi connectivity index (χ0) is 21.7. The number of ether oxygens (including phenoxy) is 1. The Bertz CT molecular complexity index is 1120. The van der Waals surface area contributed by atoms with Gasteiger partial charge in [-0.05, 0) is 67.3 Å². The molecule has 0 aliphatic heterocycles. The van der Waals surface area contributed by atoms with Crippen molar-refractivity contribution in [1.29, 1.82) is 0 Å². The van der Waals surface area contributed by atoms with Crippen LogP contribution in [0.3, 0.4) is 0 Å². The van der Waals surface area contributed by atoms with Crippen LogP contribution in [0, 0.1) is 13.8 Å². The lowest BCUT2D eigenvalue weighted by Crippen LogP contribution is -2.40. The standard InChI is InChI=1S/C24H25NO4S/c1-4-20-12-14-21(15-13-20)29-17-24(26)25(23-16-18(2)10-11-19(23)3)30(27,28)22-8-6-5-7-9-22/h5-16H,4,17H2,1-3H3. The van der Waals surface area contributed by atoms with E-state index < -0.39 is 22.5 Å². The van der Waals surface area contributed by atoms with Crippen LogP contribution in [0.2, 0.25) is 0 Å². The van der Waals surface area contributed by atoms with Crippen molar-refractivity contribution in [1.82, 2.24) is 0 Å². The summed E-state index contributed by atoms with van der Waals surface area (Å²) < 4.78 is 33.2. The van der Waals surface area contributed by atoms with Crippen LogP contribution in [0.25, 0.3) is 0 Å². The lowest BCUT2D eigenvalue weighted by Gasteiger charge is -2.24. The second-order valence-electron chi connectivity index (χ2n) is 7.05. The fourth-order valence-electron chi connectivity index (χ4n) is 3.06. The van der Waals surface area contributed by atoms with Gasteiger partial charge in [0.15, 0.2) is 6.61 Å². The van der Waals surface area contributed by atoms with Crippen molar-refractivity contribution in [2.24, 2.45) is 0 Å². The molecule has 0 saturated heterocycles. The molecule has 3 rings (SSSR count). The van der Waals surface area contributed by atoms with Crippen LogP contribution in [-0.2, 0) is 21.2 Å². The Morgan fingerprint density at radius 3 is 2.23 bits per heavy atom. The molecular weight excluding hydrogens is 398 g/mol. The molecule has 0 saturated carbocycles. The number of anilines is 1. The first kappa shape index (κ1) is 21.6. The maximum atomic E-state index is 13.4. The molecule has 0 fully saturated rings. The van der Waals surface area contributed by atoms with Gasteiger partial charge in [0.25, 0.3) is 15.9 Å². The van der Waals surface area contributed by atoms with Gasteiger partial charge in [-0.3, -0.25) is 4.79 Å². The topological polar surface area (TPSA) is 63.7 Å². The van der Waals surface area contributed by atoms with Gasteiger partial charge >= 0.3 is 0 Å². The van der Waals surface area contributed by atoms with Crippen LogP contribution >= 0.6 is 0 Å². The number of aryl methyl sites for hydroxylation is 3. The third-order valence-electron chi connectivity index (χ3n) is 4.79. The minimum Gasteiger partial charge on any atom is -0.484 e. The van der Waals surface area contributed by atoms with Crippen LogP contribution in [0.15, 0.2) is 77.7 Å². The number of amides is 1. The van der Waals surface area contributed by atoms with Gasteiger partial charge in [0, 0.05) is 0 Å². The van der Waals surface area contributed by atoms with E-state index >= 15 is 0 Å². The summed E-state index contributed by atoms with van der Waals surface area (Å²) >= 11 is 0. The van der Waals surface area contributed by atoms with Gasteiger partial charge in [-0.2, -0.15) is 4.31 Å². The summed E-state index contributed by atoms with van der Waals surface area (Å²) in [6, 6.07) is 20.7. The summed E-state index contributed by atoms with van der Waals surface area (Å²) in [7, 11) is -4.10. The summed E-state index contributed by atoms with van der Waals surface area (Å²) in [5, 5.41) is 0. The first-order valence-electron chi connectivity index (χ1n) is 9.75. The van der Waals surface area contributed by atoms with Crippen molar-refractivity contribution in [3.05, 3.63) is 89.5 Å². The lowest BCUT2D eigenvalue weighted by molar-refractivity contribution is -0.119. The van der Waals surface area contributed by atoms with Gasteiger partial charge in [0.2, 0.25) is 0 Å². The molecule has 0 atom stereocenters. The van der Waals surface area contributed by atoms with Gasteiger partial charge in [-0.1, -0.05) is 49.4 Å². The Balaban J connectivity index is 1.96. The predicted octanol–water partition coefficient (Wildman–Crippen LogP) is 4.67. The lowest BCUT2D eigenvalue weighted by atomic mass is 10.1. The summed E-state index contributed by atoms with van der Waals surface area (Å²) in [6.07, 6.45) is 0.898. The van der Waals surface area contributed by atoms with Crippen molar-refractivity contribution in [2.45, 2.75) is 32.1 Å². The van der Waals surface area contributed by atoms with Crippen LogP contribution in [-0.4, -0.2) is 20.9 Å². The van der Waals surface area contributed by atoms with Crippen molar-refractivity contribution >= 4 is 21.6 Å². The summed E-state index contributed by atoms with van der Waals surface area (Å²) in [6.45, 7) is 5.28. The minimum atomic E-state index is -4.10. The molecule has 0 radical (unpaired) electrons. The third kappa shape index (κ3) is 4.71. The van der Waals surface area contributed by atoms with Crippen LogP contribution < -0.4 is 9.04 Å². The highest BCUT2D eigenvalue weighted by Gasteiger charge is 2.32. The molecule has 0 aliphatic rings. The van der Waals surface area contributed by atoms with Gasteiger partial charge < -0.3 is 4.74 Å². The number of nitrogens with zero attached hydrogens (tertiary/aromatic N) is 1. The van der Waals surface area contributed by atoms with Crippen LogP contribution in [0.1, 0.15) is 23.6 Å². The molecule has 0 N–H and O–H groups in total. The molecule has 0 heterocycles. The molecule has 0 aliphatic carbocycles. The van der Waals surface area contributed by atoms with Gasteiger partial charge in [-0.25, -0.2) is 8.42 Å². The van der Waals surface area contributed by atoms with E-state index in [4.69, 9.17) is 4.74 Å². The van der Waals surface area contributed by atoms with Crippen LogP contribution in [0.5, 0.6) is 5.75 Å². The smallest absolute Gasteiger partial charge is 0.278 e. The quantitative estimate of drug-likeness (QED) is 0.554. The van der Waals surface area contributed by atoms with E-state index in [9.17, 15) is 13.2 Å². The Morgan fingerprint density at radius 1 is 0.933 bits per heavy atom. The molecule has 0 bridgehead atoms. The molecule has 0 aromatic heterocycles. The van der Waals surface area contributed by atoms with Crippen molar-refractivity contribution in [2.75, 3.05) is 10.9 Å². The number of hydrogen-bond acceptors (Lipinski definition) is 4. The largest absolute Gasteiger partial charge is 0.484 e. The average Bonchev–Trinajstić information content (AvgIpc) is 2.75. The highest BCUT2D eigenvalue weighted by Crippen LogP contribution is 2.28. The molecule has 1 amide bonds. The van der Waals surface area contributed by atoms with Crippen molar-refractivity contribution in [3.63, 3.8) is 0 Å². The number of carbonyl (C=O) groups excluding carboxylic acids is 1. The van der Waals surface area contributed by atoms with Crippen LogP contribution in [0.4, 0.5) is 5.69 Å². The van der Waals surface area contributed by atoms with E-state index in [-0.39, 0.29) is 4.90 Å². The maximum absolute atomic E-state index is 13.4. The Morgan fingerprint density at radius 2 is 1.60 bits per heavy atom. The SMILES string of the molecule is CCc1ccc(OCC(=O)N(c2cc(C)ccc2C)S(=O)(=O)c2ccccc2)cc1. The van der Waals surface area contributed by atoms with E-state index in [1.807, 2.05) is 25.1 Å². The second kappa shape index (κ2) is 9.13. The van der Waals surface area contributed by atoms with Gasteiger partial charge in [0.05, 0.1) is 10.6 Å². The second-order valence-corrected chi connectivity index (χ2v) is 8.84. The van der Waals surface area contributed by atoms with E-state index in [0.717, 1.165) is 21.9 Å². The Labute approximate surface area is 178 Å². The minimum absolute atomic E-state index is 0.0477. The molecule has 156 valence electrons. The molecule has 6 heteroatoms. The van der Waals surface area contributed by atoms with Gasteiger partial charge in [0.1, 0.15) is 5.75 Å². The molecule has 3 aromatic carbocycles. The fourth-order valence-corrected chi connectivity index (χ4v) is 4.55. The maximum Gasteiger partial charge on any atom is 0.278 e. The Hall–Kier alpha value is -3.12. The zero-order valence-corrected chi connectivity index (χ0v) is 18.1. The van der Waals surface area contributed by atoms with E-state index in [2.05, 4.69) is 6.92 Å². The van der Waals surface area contributed by atoms with E-state index in [1.165, 1.54) is 12.1 Å². The average molecular weight is 424 g/mol. The monoisotopic (exact) mass is 423 g/mol. The first-order chi connectivity index (χ1) is 14.3. The number of benzene rings is 3. The number of hydrogen-bond donors (Lipinski definition) is 0. The highest BCUT2D eigenvalue weighted by molar-refractivity contribution is 7.93. The number of carbonyl (C=O) groups is 1. The Kier molecular flexibility index (Phi) is 6.57. The summed E-state index contributed by atoms with van der Waals surface area (Å²) in [5.41, 5.74) is 3.01. The molecule has 3 aromatic rings. The van der Waals surface area contributed by atoms with Crippen molar-refractivity contribution in [3.8, 4) is 5.75 Å². The van der Waals surface area contributed by atoms with E-state index in [1.54, 1.807) is 49.4 Å². The number of sulfonamides is 1. The summed E-state index contributed by atoms with van der Waals surface area (Å²) in [5.74, 6) is -0.148.